The van der Waals surface area contributed by atoms with Crippen LogP contribution >= 0.6 is 15.9 Å². The number of amides is 1. The van der Waals surface area contributed by atoms with Crippen LogP contribution in [0.25, 0.3) is 0 Å². The molecule has 132 valence electrons. The maximum absolute atomic E-state index is 12.0. The lowest BCUT2D eigenvalue weighted by Crippen LogP contribution is -2.39. The summed E-state index contributed by atoms with van der Waals surface area (Å²) in [6.07, 6.45) is 2.30. The van der Waals surface area contributed by atoms with E-state index in [-0.39, 0.29) is 5.75 Å². The third-order valence-corrected chi connectivity index (χ3v) is 4.80. The second-order valence-corrected chi connectivity index (χ2v) is 7.92. The molecule has 0 spiro atoms. The van der Waals surface area contributed by atoms with Crippen LogP contribution in [-0.4, -0.2) is 38.4 Å². The summed E-state index contributed by atoms with van der Waals surface area (Å²) < 4.78 is 25.7. The average molecular weight is 426 g/mol. The molecule has 0 fully saturated rings. The first-order chi connectivity index (χ1) is 11.8. The van der Waals surface area contributed by atoms with Gasteiger partial charge in [-0.25, -0.2) is 13.8 Å². The number of hydrogen-bond donors (Lipinski definition) is 2. The highest BCUT2D eigenvalue weighted by Crippen LogP contribution is 2.20. The van der Waals surface area contributed by atoms with Crippen molar-refractivity contribution in [1.82, 2.24) is 5.43 Å². The summed E-state index contributed by atoms with van der Waals surface area (Å²) >= 11 is 3.27. The molecule has 9 heteroatoms. The van der Waals surface area contributed by atoms with Crippen molar-refractivity contribution in [2.24, 2.45) is 5.10 Å². The Bertz CT molecular complexity index is 883. The Morgan fingerprint density at radius 3 is 2.48 bits per heavy atom. The van der Waals surface area contributed by atoms with Gasteiger partial charge in [-0.05, 0) is 36.4 Å². The van der Waals surface area contributed by atoms with Gasteiger partial charge >= 0.3 is 0 Å². The number of anilines is 1. The van der Waals surface area contributed by atoms with Gasteiger partial charge in [-0.15, -0.1) is 0 Å². The first-order valence-corrected chi connectivity index (χ1v) is 9.74. The number of phenolic OH excluding ortho intramolecular Hbond substituents is 1. The minimum absolute atomic E-state index is 0.0214. The van der Waals surface area contributed by atoms with E-state index < -0.39 is 22.5 Å². The average Bonchev–Trinajstić information content (AvgIpc) is 2.54. The van der Waals surface area contributed by atoms with Crippen molar-refractivity contribution in [1.29, 1.82) is 0 Å². The number of rotatable bonds is 6. The highest BCUT2D eigenvalue weighted by Gasteiger charge is 2.20. The smallest absolute Gasteiger partial charge is 0.260 e. The summed E-state index contributed by atoms with van der Waals surface area (Å²) in [5.74, 6) is -0.590. The Labute approximate surface area is 154 Å². The molecular weight excluding hydrogens is 410 g/mol. The van der Waals surface area contributed by atoms with Crippen LogP contribution in [0.5, 0.6) is 5.75 Å². The number of nitrogens with zero attached hydrogens (tertiary/aromatic N) is 2. The van der Waals surface area contributed by atoms with E-state index in [0.717, 1.165) is 15.0 Å². The Morgan fingerprint density at radius 1 is 1.24 bits per heavy atom. The van der Waals surface area contributed by atoms with E-state index in [0.29, 0.717) is 11.3 Å². The zero-order valence-corrected chi connectivity index (χ0v) is 15.7. The second kappa shape index (κ2) is 8.13. The molecule has 0 aliphatic rings. The molecule has 2 N–H and O–H groups in total. The van der Waals surface area contributed by atoms with E-state index in [1.807, 2.05) is 0 Å². The van der Waals surface area contributed by atoms with Crippen LogP contribution in [0.2, 0.25) is 0 Å². The van der Waals surface area contributed by atoms with Crippen molar-refractivity contribution >= 4 is 43.8 Å². The number of hydrazone groups is 1. The van der Waals surface area contributed by atoms with Crippen LogP contribution in [0.3, 0.4) is 0 Å². The normalized spacial score (nSPS) is 11.4. The number of halogens is 1. The van der Waals surface area contributed by atoms with Gasteiger partial charge in [0, 0.05) is 10.0 Å². The standard InChI is InChI=1S/C16H16BrN3O4S/c1-25(23,24)20(14-8-6-13(17)7-9-14)11-16(22)19-18-10-12-4-2-3-5-15(12)21/h2-10,21H,11H2,1H3,(H,19,22)/b18-10-. The molecule has 2 aromatic rings. The summed E-state index contributed by atoms with van der Waals surface area (Å²) in [4.78, 5) is 12.0. The maximum Gasteiger partial charge on any atom is 0.260 e. The number of sulfonamides is 1. The van der Waals surface area contributed by atoms with E-state index >= 15 is 0 Å². The Balaban J connectivity index is 2.07. The fourth-order valence-corrected chi connectivity index (χ4v) is 3.06. The maximum atomic E-state index is 12.0. The Kier molecular flexibility index (Phi) is 6.16. The highest BCUT2D eigenvalue weighted by atomic mass is 79.9. The first-order valence-electron chi connectivity index (χ1n) is 7.10. The molecule has 2 aromatic carbocycles. The largest absolute Gasteiger partial charge is 0.507 e. The topological polar surface area (TPSA) is 99.1 Å². The molecule has 25 heavy (non-hydrogen) atoms. The van der Waals surface area contributed by atoms with Crippen LogP contribution < -0.4 is 9.73 Å². The molecule has 0 atom stereocenters. The van der Waals surface area contributed by atoms with Crippen molar-refractivity contribution in [3.63, 3.8) is 0 Å². The molecule has 0 unspecified atom stereocenters. The van der Waals surface area contributed by atoms with E-state index in [4.69, 9.17) is 0 Å². The number of carbonyl (C=O) groups is 1. The Hall–Kier alpha value is -2.39. The second-order valence-electron chi connectivity index (χ2n) is 5.10. The fourth-order valence-electron chi connectivity index (χ4n) is 1.94. The van der Waals surface area contributed by atoms with Gasteiger partial charge in [0.15, 0.2) is 0 Å². The number of hydrogen-bond acceptors (Lipinski definition) is 5. The number of benzene rings is 2. The Morgan fingerprint density at radius 2 is 1.88 bits per heavy atom. The lowest BCUT2D eigenvalue weighted by atomic mass is 10.2. The predicted octanol–water partition coefficient (Wildman–Crippen LogP) is 2.07. The van der Waals surface area contributed by atoms with Gasteiger partial charge in [-0.1, -0.05) is 28.1 Å². The number of para-hydroxylation sites is 1. The van der Waals surface area contributed by atoms with E-state index in [2.05, 4.69) is 26.5 Å². The van der Waals surface area contributed by atoms with Crippen LogP contribution in [-0.2, 0) is 14.8 Å². The van der Waals surface area contributed by atoms with Gasteiger partial charge in [-0.2, -0.15) is 5.10 Å². The van der Waals surface area contributed by atoms with Gasteiger partial charge in [0.05, 0.1) is 18.2 Å². The van der Waals surface area contributed by atoms with Gasteiger partial charge < -0.3 is 5.11 Å². The third kappa shape index (κ3) is 5.57. The van der Waals surface area contributed by atoms with Crippen molar-refractivity contribution in [2.45, 2.75) is 0 Å². The van der Waals surface area contributed by atoms with Crippen molar-refractivity contribution < 1.29 is 18.3 Å². The minimum atomic E-state index is -3.64. The van der Waals surface area contributed by atoms with Gasteiger partial charge in [0.25, 0.3) is 5.91 Å². The molecule has 0 radical (unpaired) electrons. The van der Waals surface area contributed by atoms with Gasteiger partial charge in [0.2, 0.25) is 10.0 Å². The quantitative estimate of drug-likeness (QED) is 0.546. The van der Waals surface area contributed by atoms with Crippen molar-refractivity contribution in [2.75, 3.05) is 17.1 Å². The summed E-state index contributed by atoms with van der Waals surface area (Å²) in [6.45, 7) is -0.418. The monoisotopic (exact) mass is 425 g/mol. The van der Waals surface area contributed by atoms with Crippen LogP contribution in [0, 0.1) is 0 Å². The predicted molar refractivity (Wildman–Crippen MR) is 100 cm³/mol. The van der Waals surface area contributed by atoms with E-state index in [1.54, 1.807) is 42.5 Å². The molecule has 0 saturated carbocycles. The van der Waals surface area contributed by atoms with E-state index in [9.17, 15) is 18.3 Å². The summed E-state index contributed by atoms with van der Waals surface area (Å²) in [5, 5.41) is 13.3. The molecule has 7 nitrogen and oxygen atoms in total. The summed E-state index contributed by atoms with van der Waals surface area (Å²) in [6, 6.07) is 13.0. The summed E-state index contributed by atoms with van der Waals surface area (Å²) in [7, 11) is -3.64. The zero-order valence-electron chi connectivity index (χ0n) is 13.3. The van der Waals surface area contributed by atoms with Crippen LogP contribution in [0.15, 0.2) is 58.1 Å². The fraction of sp³-hybridized carbons (Fsp3) is 0.125. The molecule has 0 aliphatic carbocycles. The zero-order chi connectivity index (χ0) is 18.4. The van der Waals surface area contributed by atoms with Crippen molar-refractivity contribution in [3.8, 4) is 5.75 Å². The third-order valence-electron chi connectivity index (χ3n) is 3.13. The van der Waals surface area contributed by atoms with E-state index in [1.165, 1.54) is 12.3 Å². The number of aromatic hydroxyl groups is 1. The van der Waals surface area contributed by atoms with Gasteiger partial charge in [-0.3, -0.25) is 9.10 Å². The number of nitrogens with one attached hydrogen (secondary N) is 1. The molecule has 2 rings (SSSR count). The molecule has 0 heterocycles. The lowest BCUT2D eigenvalue weighted by Gasteiger charge is -2.21. The van der Waals surface area contributed by atoms with Crippen LogP contribution in [0.4, 0.5) is 5.69 Å². The van der Waals surface area contributed by atoms with Gasteiger partial charge in [0.1, 0.15) is 12.3 Å². The van der Waals surface area contributed by atoms with Crippen LogP contribution in [0.1, 0.15) is 5.56 Å². The minimum Gasteiger partial charge on any atom is -0.507 e. The molecule has 1 amide bonds. The number of phenols is 1. The summed E-state index contributed by atoms with van der Waals surface area (Å²) in [5.41, 5.74) is 3.04. The first kappa shape index (κ1) is 18.9. The molecule has 0 aliphatic heterocycles. The molecular formula is C16H16BrN3O4S. The molecule has 0 bridgehead atoms. The highest BCUT2D eigenvalue weighted by molar-refractivity contribution is 9.10. The lowest BCUT2D eigenvalue weighted by molar-refractivity contribution is -0.119. The molecule has 0 aromatic heterocycles. The SMILES string of the molecule is CS(=O)(=O)N(CC(=O)N/N=C\c1ccccc1O)c1ccc(Br)cc1. The van der Waals surface area contributed by atoms with Crippen molar-refractivity contribution in [3.05, 3.63) is 58.6 Å². The number of carbonyl (C=O) groups excluding carboxylic acids is 1. The molecule has 0 saturated heterocycles.